The first-order valence-corrected chi connectivity index (χ1v) is 11.9. The number of fused-ring (bicyclic) bond motifs is 7. The number of hydrogen-bond donors (Lipinski definition) is 0. The number of nitrogens with zero attached hydrogens (tertiary/aromatic N) is 3. The second kappa shape index (κ2) is 5.98. The number of hydrogen-bond acceptors (Lipinski definition) is 2. The van der Waals surface area contributed by atoms with Crippen molar-refractivity contribution >= 4 is 54.2 Å². The van der Waals surface area contributed by atoms with Gasteiger partial charge in [-0.3, -0.25) is 9.38 Å². The highest BCUT2D eigenvalue weighted by atomic mass is 15.0. The molecule has 164 valence electrons. The van der Waals surface area contributed by atoms with Crippen LogP contribution in [0.5, 0.6) is 0 Å². The van der Waals surface area contributed by atoms with Crippen LogP contribution < -0.4 is 10.9 Å². The lowest BCUT2D eigenvalue weighted by Crippen LogP contribution is -2.44. The molecule has 1 aliphatic carbocycles. The lowest BCUT2D eigenvalue weighted by molar-refractivity contribution is 0.126. The van der Waals surface area contributed by atoms with Crippen LogP contribution in [-0.4, -0.2) is 30.1 Å². The molecule has 0 N–H and O–H groups in total. The molecule has 3 heterocycles. The minimum absolute atomic E-state index is 0.0157. The Kier molecular flexibility index (Phi) is 4.03. The summed E-state index contributed by atoms with van der Waals surface area (Å²) < 4.78 is 2.33. The molecule has 0 spiro atoms. The molecular weight excluding hydrogens is 388 g/mol. The molecule has 0 radical (unpaired) electrons. The number of imidazole rings is 1. The van der Waals surface area contributed by atoms with Crippen LogP contribution in [-0.2, 0) is 16.2 Å². The average Bonchev–Trinajstić information content (AvgIpc) is 3.12. The fourth-order valence-corrected chi connectivity index (χ4v) is 6.09. The highest BCUT2D eigenvalue weighted by molar-refractivity contribution is 6.53. The molecule has 5 rings (SSSR count). The van der Waals surface area contributed by atoms with Crippen molar-refractivity contribution in [2.24, 2.45) is 5.41 Å². The van der Waals surface area contributed by atoms with Crippen LogP contribution in [0, 0.1) is 5.41 Å². The van der Waals surface area contributed by atoms with Crippen molar-refractivity contribution < 1.29 is 0 Å². The van der Waals surface area contributed by atoms with Crippen LogP contribution in [0.1, 0.15) is 79.1 Å². The fourth-order valence-electron chi connectivity index (χ4n) is 6.09. The molecule has 1 aromatic carbocycles. The van der Waals surface area contributed by atoms with E-state index in [-0.39, 0.29) is 21.7 Å². The maximum atomic E-state index is 5.26. The van der Waals surface area contributed by atoms with Crippen molar-refractivity contribution in [1.29, 1.82) is 0 Å². The van der Waals surface area contributed by atoms with E-state index in [0.29, 0.717) is 0 Å². The van der Waals surface area contributed by atoms with E-state index in [2.05, 4.69) is 107 Å². The minimum Gasteiger partial charge on any atom is -0.299 e. The Morgan fingerprint density at radius 1 is 0.812 bits per heavy atom. The van der Waals surface area contributed by atoms with Gasteiger partial charge in [-0.05, 0) is 45.6 Å². The summed E-state index contributed by atoms with van der Waals surface area (Å²) in [6.07, 6.45) is 2.19. The molecule has 0 bridgehead atoms. The van der Waals surface area contributed by atoms with E-state index in [1.807, 2.05) is 0 Å². The third-order valence-electron chi connectivity index (χ3n) is 9.38. The van der Waals surface area contributed by atoms with Gasteiger partial charge in [0.15, 0.2) is 0 Å². The van der Waals surface area contributed by atoms with Gasteiger partial charge in [0.25, 0.3) is 0 Å². The highest BCUT2D eigenvalue weighted by Gasteiger charge is 2.58. The van der Waals surface area contributed by atoms with Crippen LogP contribution >= 0.6 is 0 Å². The zero-order valence-corrected chi connectivity index (χ0v) is 21.7. The Morgan fingerprint density at radius 2 is 1.44 bits per heavy atom. The van der Waals surface area contributed by atoms with Gasteiger partial charge in [-0.2, -0.15) is 0 Å². The molecule has 0 amide bonds. The minimum atomic E-state index is 0.0157. The van der Waals surface area contributed by atoms with Gasteiger partial charge in [0.2, 0.25) is 0 Å². The Balaban J connectivity index is 1.98. The van der Waals surface area contributed by atoms with E-state index in [1.165, 1.54) is 27.6 Å². The summed E-state index contributed by atoms with van der Waals surface area (Å²) in [5.74, 6) is 0. The standard InChI is InChI=1S/C27H35B2N3/c1-24(2,3)16-11-10-14-15(30-16)12-13-32-22-18-17(19(28)20(29)21(22)31-23(14)32)25(4,5)27(8,9)26(18,6)7/h10-13H,28-29H2,1-9H3. The summed E-state index contributed by atoms with van der Waals surface area (Å²) in [6.45, 7) is 21.2. The van der Waals surface area contributed by atoms with Crippen molar-refractivity contribution in [2.75, 3.05) is 0 Å². The van der Waals surface area contributed by atoms with Gasteiger partial charge >= 0.3 is 0 Å². The Bertz CT molecular complexity index is 1450. The maximum absolute atomic E-state index is 5.26. The number of pyridine rings is 2. The fraction of sp³-hybridized carbons (Fsp3) is 0.481. The molecule has 3 nitrogen and oxygen atoms in total. The summed E-state index contributed by atoms with van der Waals surface area (Å²) in [5, 5.41) is 1.12. The zero-order valence-electron chi connectivity index (χ0n) is 21.7. The molecule has 0 saturated heterocycles. The van der Waals surface area contributed by atoms with E-state index in [4.69, 9.17) is 9.97 Å². The molecule has 0 fully saturated rings. The number of rotatable bonds is 0. The quantitative estimate of drug-likeness (QED) is 0.406. The Hall–Kier alpha value is -2.29. The molecule has 0 aliphatic heterocycles. The highest BCUT2D eigenvalue weighted by Crippen LogP contribution is 2.62. The molecule has 1 aliphatic rings. The second-order valence-electron chi connectivity index (χ2n) is 12.6. The third kappa shape index (κ3) is 2.35. The van der Waals surface area contributed by atoms with Gasteiger partial charge < -0.3 is 0 Å². The maximum Gasteiger partial charge on any atom is 0.147 e. The lowest BCUT2D eigenvalue weighted by Gasteiger charge is -2.44. The summed E-state index contributed by atoms with van der Waals surface area (Å²) in [4.78, 5) is 10.3. The van der Waals surface area contributed by atoms with Crippen molar-refractivity contribution in [3.8, 4) is 0 Å². The Labute approximate surface area is 193 Å². The lowest BCUT2D eigenvalue weighted by atomic mass is 9.58. The van der Waals surface area contributed by atoms with E-state index < -0.39 is 0 Å². The number of benzene rings is 1. The van der Waals surface area contributed by atoms with Gasteiger partial charge in [0.1, 0.15) is 21.3 Å². The van der Waals surface area contributed by atoms with Crippen LogP contribution in [0.25, 0.3) is 27.6 Å². The van der Waals surface area contributed by atoms with Gasteiger partial charge in [0, 0.05) is 22.7 Å². The first-order valence-electron chi connectivity index (χ1n) is 11.9. The van der Waals surface area contributed by atoms with Gasteiger partial charge in [-0.25, -0.2) is 4.98 Å². The second-order valence-corrected chi connectivity index (χ2v) is 12.6. The Morgan fingerprint density at radius 3 is 2.06 bits per heavy atom. The molecule has 32 heavy (non-hydrogen) atoms. The SMILES string of the molecule is Bc1c2c(c3c(nc4c5ccc(C(C)(C)C)nc5ccn43)c1B)C(C)(C)C(C)(C)C2(C)C. The first-order chi connectivity index (χ1) is 14.6. The summed E-state index contributed by atoms with van der Waals surface area (Å²) in [6, 6.07) is 6.55. The van der Waals surface area contributed by atoms with Crippen molar-refractivity contribution in [1.82, 2.24) is 14.4 Å². The first kappa shape index (κ1) is 21.6. The van der Waals surface area contributed by atoms with Crippen LogP contribution in [0.15, 0.2) is 24.4 Å². The van der Waals surface area contributed by atoms with E-state index >= 15 is 0 Å². The van der Waals surface area contributed by atoms with E-state index in [9.17, 15) is 0 Å². The van der Waals surface area contributed by atoms with Crippen molar-refractivity contribution in [3.05, 3.63) is 41.2 Å². The average molecular weight is 423 g/mol. The van der Waals surface area contributed by atoms with Crippen molar-refractivity contribution in [2.45, 2.75) is 78.6 Å². The molecule has 0 atom stereocenters. The van der Waals surface area contributed by atoms with E-state index in [0.717, 1.165) is 27.8 Å². The molecule has 3 aromatic heterocycles. The van der Waals surface area contributed by atoms with Crippen LogP contribution in [0.4, 0.5) is 0 Å². The molecule has 5 heteroatoms. The summed E-state index contributed by atoms with van der Waals surface area (Å²) in [5.41, 5.74) is 11.5. The smallest absolute Gasteiger partial charge is 0.147 e. The predicted octanol–water partition coefficient (Wildman–Crippen LogP) is 3.45. The van der Waals surface area contributed by atoms with Crippen molar-refractivity contribution in [3.63, 3.8) is 0 Å². The monoisotopic (exact) mass is 423 g/mol. The number of aromatic nitrogens is 3. The summed E-state index contributed by atoms with van der Waals surface area (Å²) in [7, 11) is 4.54. The molecular formula is C27H35B2N3. The topological polar surface area (TPSA) is 30.2 Å². The largest absolute Gasteiger partial charge is 0.299 e. The van der Waals surface area contributed by atoms with Crippen LogP contribution in [0.3, 0.4) is 0 Å². The third-order valence-corrected chi connectivity index (χ3v) is 9.38. The summed E-state index contributed by atoms with van der Waals surface area (Å²) >= 11 is 0. The molecule has 0 unspecified atom stereocenters. The molecule has 4 aromatic rings. The van der Waals surface area contributed by atoms with Gasteiger partial charge in [-0.15, -0.1) is 0 Å². The van der Waals surface area contributed by atoms with Gasteiger partial charge in [0.05, 0.1) is 16.6 Å². The zero-order chi connectivity index (χ0) is 23.6. The van der Waals surface area contributed by atoms with E-state index in [1.54, 1.807) is 0 Å². The van der Waals surface area contributed by atoms with Gasteiger partial charge in [-0.1, -0.05) is 73.2 Å². The van der Waals surface area contributed by atoms with Crippen LogP contribution in [0.2, 0.25) is 0 Å². The molecule has 0 saturated carbocycles. The predicted molar refractivity (Wildman–Crippen MR) is 143 cm³/mol. The normalized spacial score (nSPS) is 19.2.